The third-order valence-corrected chi connectivity index (χ3v) is 12.0. The zero-order valence-electron chi connectivity index (χ0n) is 38.3. The van der Waals surface area contributed by atoms with E-state index < -0.39 is 20.0 Å². The monoisotopic (exact) mass is 828 g/mol. The third kappa shape index (κ3) is 42.9. The highest BCUT2D eigenvalue weighted by atomic mass is 31.2. The zero-order valence-corrected chi connectivity index (χ0v) is 39.2. The quantitative estimate of drug-likeness (QED) is 0.0244. The van der Waals surface area contributed by atoms with Crippen LogP contribution in [0.25, 0.3) is 0 Å². The molecular weight excluding hydrogens is 732 g/mol. The molecule has 0 rings (SSSR count). The lowest BCUT2D eigenvalue weighted by atomic mass is 10.0. The minimum Gasteiger partial charge on any atom is -0.391 e. The lowest BCUT2D eigenvalue weighted by Crippen LogP contribution is -2.46. The standard InChI is InChI=1S/C48H95N2O6P/c1-6-8-10-12-14-16-18-20-22-23-24-25-26-28-29-31-33-35-37-39-41-47(51)46(45-56-57(53,54)55-44-43-50(3,4)5)49-48(52)42-40-38-36-34-32-30-27-21-19-17-15-13-11-9-7-2/h15,17,19,21,46-47,51H,6-14,16,18,20,22-45H2,1-5H3,(H-,49,52,53,54)/p+1/b17-15-,21-19-. The van der Waals surface area contributed by atoms with Gasteiger partial charge in [0.15, 0.2) is 0 Å². The smallest absolute Gasteiger partial charge is 0.391 e. The predicted octanol–water partition coefficient (Wildman–Crippen LogP) is 13.7. The van der Waals surface area contributed by atoms with Crippen LogP contribution in [-0.2, 0) is 18.4 Å². The molecule has 0 bridgehead atoms. The van der Waals surface area contributed by atoms with Gasteiger partial charge < -0.3 is 19.8 Å². The first-order valence-electron chi connectivity index (χ1n) is 24.2. The van der Waals surface area contributed by atoms with Crippen LogP contribution < -0.4 is 5.32 Å². The average Bonchev–Trinajstić information content (AvgIpc) is 3.16. The highest BCUT2D eigenvalue weighted by Crippen LogP contribution is 2.43. The molecule has 3 unspecified atom stereocenters. The number of hydrogen-bond acceptors (Lipinski definition) is 5. The molecule has 0 aliphatic heterocycles. The van der Waals surface area contributed by atoms with Gasteiger partial charge in [-0.05, 0) is 38.5 Å². The van der Waals surface area contributed by atoms with E-state index in [1.807, 2.05) is 21.1 Å². The first-order chi connectivity index (χ1) is 27.5. The molecule has 9 heteroatoms. The Morgan fingerprint density at radius 1 is 0.596 bits per heavy atom. The maximum atomic E-state index is 12.9. The van der Waals surface area contributed by atoms with Crippen molar-refractivity contribution in [2.45, 2.75) is 238 Å². The highest BCUT2D eigenvalue weighted by Gasteiger charge is 2.28. The van der Waals surface area contributed by atoms with Crippen LogP contribution in [0.3, 0.4) is 0 Å². The molecule has 338 valence electrons. The maximum absolute atomic E-state index is 12.9. The normalized spacial score (nSPS) is 14.4. The number of likely N-dealkylation sites (N-methyl/N-ethyl adjacent to an activating group) is 1. The van der Waals surface area contributed by atoms with E-state index in [0.717, 1.165) is 51.4 Å². The van der Waals surface area contributed by atoms with Gasteiger partial charge in [-0.3, -0.25) is 13.8 Å². The summed E-state index contributed by atoms with van der Waals surface area (Å²) in [6, 6.07) is -0.764. The number of rotatable bonds is 44. The number of amides is 1. The van der Waals surface area contributed by atoms with Crippen LogP contribution in [-0.4, -0.2) is 73.4 Å². The van der Waals surface area contributed by atoms with E-state index in [1.54, 1.807) is 0 Å². The maximum Gasteiger partial charge on any atom is 0.472 e. The van der Waals surface area contributed by atoms with Gasteiger partial charge in [0, 0.05) is 6.42 Å². The lowest BCUT2D eigenvalue weighted by molar-refractivity contribution is -0.870. The Hall–Kier alpha value is -1.02. The Balaban J connectivity index is 4.30. The van der Waals surface area contributed by atoms with E-state index in [4.69, 9.17) is 9.05 Å². The summed E-state index contributed by atoms with van der Waals surface area (Å²) in [6.45, 7) is 4.86. The first-order valence-corrected chi connectivity index (χ1v) is 25.7. The summed E-state index contributed by atoms with van der Waals surface area (Å²) in [5.74, 6) is -0.155. The van der Waals surface area contributed by atoms with Crippen LogP contribution in [0.15, 0.2) is 24.3 Å². The molecule has 0 saturated carbocycles. The number of nitrogens with one attached hydrogen (secondary N) is 1. The topological polar surface area (TPSA) is 105 Å². The molecule has 3 atom stereocenters. The summed E-state index contributed by atoms with van der Waals surface area (Å²) in [5.41, 5.74) is 0. The molecule has 0 saturated heterocycles. The first kappa shape index (κ1) is 56.0. The van der Waals surface area contributed by atoms with E-state index >= 15 is 0 Å². The van der Waals surface area contributed by atoms with E-state index in [0.29, 0.717) is 23.9 Å². The second kappa shape index (κ2) is 40.4. The second-order valence-corrected chi connectivity index (χ2v) is 19.3. The van der Waals surface area contributed by atoms with Crippen molar-refractivity contribution in [3.8, 4) is 0 Å². The molecule has 0 aromatic heterocycles. The number of quaternary nitrogens is 1. The fourth-order valence-corrected chi connectivity index (χ4v) is 7.83. The van der Waals surface area contributed by atoms with Crippen molar-refractivity contribution in [1.82, 2.24) is 5.32 Å². The van der Waals surface area contributed by atoms with Crippen LogP contribution in [0.4, 0.5) is 0 Å². The molecular formula is C48H96N2O6P+. The van der Waals surface area contributed by atoms with Gasteiger partial charge in [-0.15, -0.1) is 0 Å². The molecule has 0 heterocycles. The van der Waals surface area contributed by atoms with Crippen molar-refractivity contribution < 1.29 is 32.9 Å². The van der Waals surface area contributed by atoms with E-state index in [2.05, 4.69) is 43.5 Å². The number of phosphoric ester groups is 1. The summed E-state index contributed by atoms with van der Waals surface area (Å²) in [4.78, 5) is 23.2. The number of carbonyl (C=O) groups excluding carboxylic acids is 1. The SMILES string of the molecule is CCCCC/C=C\C=C/CCCCCCCCC(=O)NC(COP(=O)(O)OCC[N+](C)(C)C)C(O)CCCCCCCCCCCCCCCCCCCCCC. The van der Waals surface area contributed by atoms with Crippen LogP contribution in [0.5, 0.6) is 0 Å². The average molecular weight is 828 g/mol. The Kier molecular flexibility index (Phi) is 39.7. The zero-order chi connectivity index (χ0) is 42.1. The summed E-state index contributed by atoms with van der Waals surface area (Å²) in [6.07, 6.45) is 47.7. The molecule has 0 aliphatic rings. The highest BCUT2D eigenvalue weighted by molar-refractivity contribution is 7.47. The van der Waals surface area contributed by atoms with Crippen molar-refractivity contribution in [3.63, 3.8) is 0 Å². The van der Waals surface area contributed by atoms with Crippen LogP contribution in [0, 0.1) is 0 Å². The molecule has 8 nitrogen and oxygen atoms in total. The van der Waals surface area contributed by atoms with Gasteiger partial charge in [0.1, 0.15) is 13.2 Å². The number of unbranched alkanes of at least 4 members (excludes halogenated alkanes) is 28. The molecule has 0 radical (unpaired) electrons. The van der Waals surface area contributed by atoms with Crippen molar-refractivity contribution in [2.24, 2.45) is 0 Å². The Morgan fingerprint density at radius 3 is 1.44 bits per heavy atom. The summed E-state index contributed by atoms with van der Waals surface area (Å²) in [5, 5.41) is 14.0. The number of allylic oxidation sites excluding steroid dienone is 4. The van der Waals surface area contributed by atoms with Crippen LogP contribution >= 0.6 is 7.82 Å². The fourth-order valence-electron chi connectivity index (χ4n) is 7.10. The Labute approximate surface area is 354 Å². The van der Waals surface area contributed by atoms with Crippen LogP contribution in [0.2, 0.25) is 0 Å². The minimum absolute atomic E-state index is 0.0729. The van der Waals surface area contributed by atoms with Crippen molar-refractivity contribution >= 4 is 13.7 Å². The van der Waals surface area contributed by atoms with E-state index in [-0.39, 0.29) is 19.1 Å². The number of carbonyl (C=O) groups is 1. The van der Waals surface area contributed by atoms with Gasteiger partial charge in [-0.25, -0.2) is 4.57 Å². The predicted molar refractivity (Wildman–Crippen MR) is 245 cm³/mol. The van der Waals surface area contributed by atoms with Crippen molar-refractivity contribution in [2.75, 3.05) is 40.9 Å². The Bertz CT molecular complexity index is 984. The summed E-state index contributed by atoms with van der Waals surface area (Å²) < 4.78 is 23.7. The van der Waals surface area contributed by atoms with Gasteiger partial charge in [0.25, 0.3) is 0 Å². The molecule has 0 spiro atoms. The van der Waals surface area contributed by atoms with Crippen molar-refractivity contribution in [1.29, 1.82) is 0 Å². The number of aliphatic hydroxyl groups is 1. The number of aliphatic hydroxyl groups excluding tert-OH is 1. The fraction of sp³-hybridized carbons (Fsp3) is 0.896. The van der Waals surface area contributed by atoms with Crippen LogP contribution in [0.1, 0.15) is 226 Å². The lowest BCUT2D eigenvalue weighted by Gasteiger charge is -2.26. The summed E-state index contributed by atoms with van der Waals surface area (Å²) in [7, 11) is 1.61. The van der Waals surface area contributed by atoms with Gasteiger partial charge >= 0.3 is 7.82 Å². The van der Waals surface area contributed by atoms with Gasteiger partial charge in [0.05, 0.1) is 39.9 Å². The summed E-state index contributed by atoms with van der Waals surface area (Å²) >= 11 is 0. The molecule has 3 N–H and O–H groups in total. The van der Waals surface area contributed by atoms with Gasteiger partial charge in [-0.1, -0.05) is 205 Å². The van der Waals surface area contributed by atoms with Crippen molar-refractivity contribution in [3.05, 3.63) is 24.3 Å². The molecule has 57 heavy (non-hydrogen) atoms. The number of hydrogen-bond donors (Lipinski definition) is 3. The molecule has 0 aromatic carbocycles. The van der Waals surface area contributed by atoms with E-state index in [9.17, 15) is 19.4 Å². The van der Waals surface area contributed by atoms with Gasteiger partial charge in [0.2, 0.25) is 5.91 Å². The molecule has 0 fully saturated rings. The molecule has 1 amide bonds. The number of nitrogens with zero attached hydrogens (tertiary/aromatic N) is 1. The molecule has 0 aliphatic carbocycles. The molecule has 0 aromatic rings. The minimum atomic E-state index is -4.32. The second-order valence-electron chi connectivity index (χ2n) is 17.9. The van der Waals surface area contributed by atoms with E-state index in [1.165, 1.54) is 148 Å². The van der Waals surface area contributed by atoms with Gasteiger partial charge in [-0.2, -0.15) is 0 Å². The Morgan fingerprint density at radius 2 is 0.982 bits per heavy atom. The third-order valence-electron chi connectivity index (χ3n) is 11.0. The number of phosphoric acid groups is 1. The largest absolute Gasteiger partial charge is 0.472 e.